The molecule has 0 bridgehead atoms. The lowest BCUT2D eigenvalue weighted by Crippen LogP contribution is -2.34. The van der Waals surface area contributed by atoms with E-state index in [2.05, 4.69) is 50.8 Å². The van der Waals surface area contributed by atoms with Crippen LogP contribution in [0.5, 0.6) is 0 Å². The maximum Gasteiger partial charge on any atom is 0.222 e. The number of benzene rings is 2. The Morgan fingerprint density at radius 2 is 1.79 bits per heavy atom. The SMILES string of the molecule is Cl.O=C(CC1CCCN1)NC(c1ccccc1)c1ccc(Br)cc1. The summed E-state index contributed by atoms with van der Waals surface area (Å²) in [7, 11) is 0. The Morgan fingerprint density at radius 3 is 2.42 bits per heavy atom. The van der Waals surface area contributed by atoms with Crippen LogP contribution in [0.2, 0.25) is 0 Å². The maximum absolute atomic E-state index is 12.5. The average molecular weight is 410 g/mol. The highest BCUT2D eigenvalue weighted by Gasteiger charge is 2.21. The normalized spacial score (nSPS) is 17.8. The van der Waals surface area contributed by atoms with Crippen molar-refractivity contribution in [3.05, 3.63) is 70.2 Å². The third-order valence-electron chi connectivity index (χ3n) is 4.24. The number of nitrogens with one attached hydrogen (secondary N) is 2. The van der Waals surface area contributed by atoms with Gasteiger partial charge in [0, 0.05) is 16.9 Å². The molecule has 5 heteroatoms. The van der Waals surface area contributed by atoms with Crippen molar-refractivity contribution >= 4 is 34.2 Å². The summed E-state index contributed by atoms with van der Waals surface area (Å²) < 4.78 is 1.04. The van der Waals surface area contributed by atoms with Crippen LogP contribution < -0.4 is 10.6 Å². The summed E-state index contributed by atoms with van der Waals surface area (Å²) in [6.07, 6.45) is 2.79. The van der Waals surface area contributed by atoms with Crippen LogP contribution in [-0.4, -0.2) is 18.5 Å². The fourth-order valence-electron chi connectivity index (χ4n) is 3.03. The van der Waals surface area contributed by atoms with Gasteiger partial charge in [0.15, 0.2) is 0 Å². The fourth-order valence-corrected chi connectivity index (χ4v) is 3.30. The molecule has 128 valence electrons. The Labute approximate surface area is 157 Å². The molecule has 1 heterocycles. The van der Waals surface area contributed by atoms with E-state index in [0.29, 0.717) is 12.5 Å². The van der Waals surface area contributed by atoms with Gasteiger partial charge in [-0.3, -0.25) is 4.79 Å². The minimum atomic E-state index is -0.113. The molecule has 1 saturated heterocycles. The van der Waals surface area contributed by atoms with Crippen molar-refractivity contribution in [1.29, 1.82) is 0 Å². The Hall–Kier alpha value is -1.36. The van der Waals surface area contributed by atoms with Crippen LogP contribution in [0.4, 0.5) is 0 Å². The minimum absolute atomic E-state index is 0. The highest BCUT2D eigenvalue weighted by molar-refractivity contribution is 9.10. The molecule has 0 aliphatic carbocycles. The molecule has 24 heavy (non-hydrogen) atoms. The largest absolute Gasteiger partial charge is 0.345 e. The molecule has 1 aliphatic rings. The quantitative estimate of drug-likeness (QED) is 0.776. The molecular formula is C19H22BrClN2O. The standard InChI is InChI=1S/C19H21BrN2O.ClH/c20-16-10-8-15(9-11-16)19(14-5-2-1-3-6-14)22-18(23)13-17-7-4-12-21-17;/h1-3,5-6,8-11,17,19,21H,4,7,12-13H2,(H,22,23);1H. The molecule has 2 unspecified atom stereocenters. The third-order valence-corrected chi connectivity index (χ3v) is 4.76. The summed E-state index contributed by atoms with van der Waals surface area (Å²) in [5.74, 6) is 0.0983. The molecule has 2 N–H and O–H groups in total. The van der Waals surface area contributed by atoms with Crippen LogP contribution in [0.25, 0.3) is 0 Å². The molecule has 1 amide bonds. The first-order valence-electron chi connectivity index (χ1n) is 8.05. The lowest BCUT2D eigenvalue weighted by molar-refractivity contribution is -0.122. The number of hydrogen-bond donors (Lipinski definition) is 2. The van der Waals surface area contributed by atoms with E-state index >= 15 is 0 Å². The van der Waals surface area contributed by atoms with E-state index in [1.165, 1.54) is 0 Å². The maximum atomic E-state index is 12.5. The first kappa shape index (κ1) is 19.0. The second-order valence-electron chi connectivity index (χ2n) is 5.96. The molecule has 3 nitrogen and oxygen atoms in total. The van der Waals surface area contributed by atoms with Gasteiger partial charge in [-0.1, -0.05) is 58.4 Å². The van der Waals surface area contributed by atoms with E-state index in [4.69, 9.17) is 0 Å². The Balaban J connectivity index is 0.00000208. The van der Waals surface area contributed by atoms with Crippen molar-refractivity contribution in [1.82, 2.24) is 10.6 Å². The van der Waals surface area contributed by atoms with E-state index in [1.54, 1.807) is 0 Å². The molecule has 0 spiro atoms. The first-order valence-corrected chi connectivity index (χ1v) is 8.85. The van der Waals surface area contributed by atoms with Gasteiger partial charge in [0.25, 0.3) is 0 Å². The van der Waals surface area contributed by atoms with E-state index in [0.717, 1.165) is 35.0 Å². The van der Waals surface area contributed by atoms with Crippen molar-refractivity contribution in [3.63, 3.8) is 0 Å². The van der Waals surface area contributed by atoms with E-state index in [9.17, 15) is 4.79 Å². The third kappa shape index (κ3) is 5.07. The van der Waals surface area contributed by atoms with Gasteiger partial charge in [0.1, 0.15) is 0 Å². The summed E-state index contributed by atoms with van der Waals surface area (Å²) in [6, 6.07) is 18.4. The van der Waals surface area contributed by atoms with Gasteiger partial charge in [-0.05, 0) is 42.6 Å². The summed E-state index contributed by atoms with van der Waals surface area (Å²) in [4.78, 5) is 12.5. The number of halogens is 2. The summed E-state index contributed by atoms with van der Waals surface area (Å²) in [5, 5.41) is 6.58. The lowest BCUT2D eigenvalue weighted by atomic mass is 9.98. The van der Waals surface area contributed by atoms with Gasteiger partial charge in [-0.2, -0.15) is 0 Å². The average Bonchev–Trinajstić information content (AvgIpc) is 3.07. The zero-order valence-electron chi connectivity index (χ0n) is 13.4. The molecule has 1 fully saturated rings. The van der Waals surface area contributed by atoms with Crippen molar-refractivity contribution in [2.24, 2.45) is 0 Å². The molecule has 0 aromatic heterocycles. The molecule has 2 aromatic rings. The van der Waals surface area contributed by atoms with Crippen LogP contribution in [0.1, 0.15) is 36.4 Å². The Kier molecular flexibility index (Phi) is 7.28. The summed E-state index contributed by atoms with van der Waals surface area (Å²) in [6.45, 7) is 1.02. The van der Waals surface area contributed by atoms with Crippen LogP contribution in [-0.2, 0) is 4.79 Å². The van der Waals surface area contributed by atoms with Gasteiger partial charge in [0.2, 0.25) is 5.91 Å². The second kappa shape index (κ2) is 9.21. The van der Waals surface area contributed by atoms with Crippen LogP contribution in [0, 0.1) is 0 Å². The first-order chi connectivity index (χ1) is 11.2. The fraction of sp³-hybridized carbons (Fsp3) is 0.316. The van der Waals surface area contributed by atoms with Crippen molar-refractivity contribution in [3.8, 4) is 0 Å². The number of hydrogen-bond acceptors (Lipinski definition) is 2. The molecule has 0 radical (unpaired) electrons. The van der Waals surface area contributed by atoms with Gasteiger partial charge >= 0.3 is 0 Å². The Morgan fingerprint density at radius 1 is 1.12 bits per heavy atom. The predicted molar refractivity (Wildman–Crippen MR) is 103 cm³/mol. The summed E-state index contributed by atoms with van der Waals surface area (Å²) in [5.41, 5.74) is 2.19. The van der Waals surface area contributed by atoms with Crippen molar-refractivity contribution in [2.45, 2.75) is 31.3 Å². The monoisotopic (exact) mass is 408 g/mol. The van der Waals surface area contributed by atoms with Crippen LogP contribution in [0.3, 0.4) is 0 Å². The smallest absolute Gasteiger partial charge is 0.222 e. The molecule has 1 aliphatic heterocycles. The second-order valence-corrected chi connectivity index (χ2v) is 6.88. The highest BCUT2D eigenvalue weighted by Crippen LogP contribution is 2.24. The van der Waals surface area contributed by atoms with Crippen molar-refractivity contribution < 1.29 is 4.79 Å². The Bertz CT molecular complexity index is 642. The summed E-state index contributed by atoms with van der Waals surface area (Å²) >= 11 is 3.46. The zero-order valence-corrected chi connectivity index (χ0v) is 15.8. The minimum Gasteiger partial charge on any atom is -0.345 e. The topological polar surface area (TPSA) is 41.1 Å². The van der Waals surface area contributed by atoms with Crippen LogP contribution in [0.15, 0.2) is 59.1 Å². The van der Waals surface area contributed by atoms with Gasteiger partial charge in [0.05, 0.1) is 6.04 Å². The molecule has 2 aromatic carbocycles. The van der Waals surface area contributed by atoms with Gasteiger partial charge < -0.3 is 10.6 Å². The van der Waals surface area contributed by atoms with Crippen molar-refractivity contribution in [2.75, 3.05) is 6.54 Å². The van der Waals surface area contributed by atoms with Gasteiger partial charge in [-0.25, -0.2) is 0 Å². The molecular weight excluding hydrogens is 388 g/mol. The number of carbonyl (C=O) groups excluding carboxylic acids is 1. The lowest BCUT2D eigenvalue weighted by Gasteiger charge is -2.21. The van der Waals surface area contributed by atoms with E-state index in [-0.39, 0.29) is 24.4 Å². The number of amides is 1. The van der Waals surface area contributed by atoms with E-state index in [1.807, 2.05) is 30.3 Å². The number of rotatable bonds is 5. The highest BCUT2D eigenvalue weighted by atomic mass is 79.9. The molecule has 2 atom stereocenters. The number of carbonyl (C=O) groups is 1. The van der Waals surface area contributed by atoms with Gasteiger partial charge in [-0.15, -0.1) is 12.4 Å². The molecule has 3 rings (SSSR count). The zero-order chi connectivity index (χ0) is 16.1. The molecule has 0 saturated carbocycles. The van der Waals surface area contributed by atoms with E-state index < -0.39 is 0 Å². The predicted octanol–water partition coefficient (Wildman–Crippen LogP) is 4.22. The van der Waals surface area contributed by atoms with Crippen LogP contribution >= 0.6 is 28.3 Å².